The number of fused-ring (bicyclic) bond motifs is 1. The fraction of sp³-hybridized carbons (Fsp3) is 0.364. The van der Waals surface area contributed by atoms with Gasteiger partial charge in [-0.1, -0.05) is 0 Å². The molecule has 0 atom stereocenters. The van der Waals surface area contributed by atoms with E-state index in [0.717, 1.165) is 24.5 Å². The van der Waals surface area contributed by atoms with Crippen LogP contribution < -0.4 is 15.0 Å². The maximum absolute atomic E-state index is 12.6. The van der Waals surface area contributed by atoms with Gasteiger partial charge in [0.25, 0.3) is 5.91 Å². The Balaban J connectivity index is 1.75. The first-order valence-corrected chi connectivity index (χ1v) is 9.35. The minimum atomic E-state index is -0.513. The molecule has 0 aromatic heterocycles. The minimum Gasteiger partial charge on any atom is -0.487 e. The Kier molecular flexibility index (Phi) is 5.22. The van der Waals surface area contributed by atoms with Gasteiger partial charge >= 0.3 is 0 Å². The van der Waals surface area contributed by atoms with Crippen LogP contribution in [0.25, 0.3) is 0 Å². The van der Waals surface area contributed by atoms with Crippen LogP contribution in [0, 0.1) is 0 Å². The van der Waals surface area contributed by atoms with Crippen molar-refractivity contribution in [3.8, 4) is 5.75 Å². The number of rotatable bonds is 5. The summed E-state index contributed by atoms with van der Waals surface area (Å²) in [6.07, 6.45) is 0.303. The Bertz CT molecular complexity index is 852. The number of hydrogen-bond donors (Lipinski definition) is 1. The molecule has 142 valence electrons. The predicted octanol–water partition coefficient (Wildman–Crippen LogP) is 4.53. The molecule has 0 spiro atoms. The van der Waals surface area contributed by atoms with E-state index in [1.165, 1.54) is 0 Å². The maximum atomic E-state index is 12.6. The van der Waals surface area contributed by atoms with Crippen molar-refractivity contribution >= 4 is 23.1 Å². The number of nitrogens with zero attached hydrogens (tertiary/aromatic N) is 1. The third-order valence-electron chi connectivity index (χ3n) is 4.77. The van der Waals surface area contributed by atoms with Crippen LogP contribution in [0.3, 0.4) is 0 Å². The van der Waals surface area contributed by atoms with E-state index in [1.807, 2.05) is 38.1 Å². The highest BCUT2D eigenvalue weighted by Crippen LogP contribution is 2.33. The zero-order valence-electron chi connectivity index (χ0n) is 16.3. The molecule has 0 aliphatic carbocycles. The second-order valence-electron chi connectivity index (χ2n) is 7.35. The topological polar surface area (TPSA) is 58.6 Å². The van der Waals surface area contributed by atoms with Crippen molar-refractivity contribution in [1.29, 1.82) is 0 Å². The van der Waals surface area contributed by atoms with Crippen LogP contribution in [-0.2, 0) is 0 Å². The Morgan fingerprint density at radius 2 is 1.78 bits per heavy atom. The number of ketones is 1. The number of hydrogen-bond acceptors (Lipinski definition) is 4. The van der Waals surface area contributed by atoms with Crippen LogP contribution in [0.2, 0.25) is 0 Å². The minimum absolute atomic E-state index is 0.000486. The molecular weight excluding hydrogens is 340 g/mol. The molecule has 0 saturated heterocycles. The van der Waals surface area contributed by atoms with E-state index in [4.69, 9.17) is 4.74 Å². The van der Waals surface area contributed by atoms with Gasteiger partial charge < -0.3 is 15.0 Å². The van der Waals surface area contributed by atoms with Crippen molar-refractivity contribution in [3.05, 3.63) is 53.6 Å². The molecule has 2 aromatic carbocycles. The van der Waals surface area contributed by atoms with Gasteiger partial charge in [0.15, 0.2) is 5.78 Å². The number of carbonyl (C=O) groups is 2. The molecule has 1 aliphatic rings. The quantitative estimate of drug-likeness (QED) is 0.845. The summed E-state index contributed by atoms with van der Waals surface area (Å²) in [6, 6.07) is 12.8. The van der Waals surface area contributed by atoms with Crippen LogP contribution in [0.1, 0.15) is 54.8 Å². The molecule has 5 heteroatoms. The van der Waals surface area contributed by atoms with E-state index < -0.39 is 5.60 Å². The lowest BCUT2D eigenvalue weighted by Crippen LogP contribution is -2.36. The van der Waals surface area contributed by atoms with Gasteiger partial charge in [-0.15, -0.1) is 0 Å². The van der Waals surface area contributed by atoms with E-state index in [9.17, 15) is 9.59 Å². The second-order valence-corrected chi connectivity index (χ2v) is 7.35. The first-order chi connectivity index (χ1) is 12.8. The number of ether oxygens (including phenoxy) is 1. The first-order valence-electron chi connectivity index (χ1n) is 9.35. The third-order valence-corrected chi connectivity index (χ3v) is 4.77. The predicted molar refractivity (Wildman–Crippen MR) is 108 cm³/mol. The lowest BCUT2D eigenvalue weighted by molar-refractivity contribution is 0.0620. The average molecular weight is 366 g/mol. The van der Waals surface area contributed by atoms with Gasteiger partial charge in [0.2, 0.25) is 0 Å². The largest absolute Gasteiger partial charge is 0.487 e. The van der Waals surface area contributed by atoms with E-state index in [2.05, 4.69) is 24.1 Å². The summed E-state index contributed by atoms with van der Waals surface area (Å²) >= 11 is 0. The molecule has 0 radical (unpaired) electrons. The van der Waals surface area contributed by atoms with Crippen molar-refractivity contribution < 1.29 is 14.3 Å². The SMILES string of the molecule is CCN(CC)c1ccc(NC(=O)c2ccc3c(c2)C(=O)CC(C)(C)O3)cc1. The molecule has 3 rings (SSSR count). The second kappa shape index (κ2) is 7.43. The highest BCUT2D eigenvalue weighted by Gasteiger charge is 2.32. The highest BCUT2D eigenvalue weighted by molar-refractivity contribution is 6.07. The highest BCUT2D eigenvalue weighted by atomic mass is 16.5. The summed E-state index contributed by atoms with van der Waals surface area (Å²) in [6.45, 7) is 9.87. The lowest BCUT2D eigenvalue weighted by atomic mass is 9.92. The summed E-state index contributed by atoms with van der Waals surface area (Å²) in [5.41, 5.74) is 2.24. The fourth-order valence-corrected chi connectivity index (χ4v) is 3.34. The molecule has 0 bridgehead atoms. The van der Waals surface area contributed by atoms with Gasteiger partial charge in [-0.2, -0.15) is 0 Å². The number of Topliss-reactive ketones (excluding diaryl/α,β-unsaturated/α-hetero) is 1. The summed E-state index contributed by atoms with van der Waals surface area (Å²) in [4.78, 5) is 27.2. The number of amides is 1. The van der Waals surface area contributed by atoms with Crippen molar-refractivity contribution in [1.82, 2.24) is 0 Å². The maximum Gasteiger partial charge on any atom is 0.255 e. The number of anilines is 2. The van der Waals surface area contributed by atoms with Crippen molar-refractivity contribution in [2.75, 3.05) is 23.3 Å². The smallest absolute Gasteiger partial charge is 0.255 e. The van der Waals surface area contributed by atoms with Gasteiger partial charge in [-0.3, -0.25) is 9.59 Å². The van der Waals surface area contributed by atoms with E-state index in [-0.39, 0.29) is 11.7 Å². The molecule has 1 aliphatic heterocycles. The Hall–Kier alpha value is -2.82. The summed E-state index contributed by atoms with van der Waals surface area (Å²) < 4.78 is 5.84. The first kappa shape index (κ1) is 19.0. The fourth-order valence-electron chi connectivity index (χ4n) is 3.34. The van der Waals surface area contributed by atoms with Crippen molar-refractivity contribution in [3.63, 3.8) is 0 Å². The van der Waals surface area contributed by atoms with E-state index >= 15 is 0 Å². The Morgan fingerprint density at radius 3 is 2.41 bits per heavy atom. The lowest BCUT2D eigenvalue weighted by Gasteiger charge is -2.31. The normalized spacial score (nSPS) is 14.9. The summed E-state index contributed by atoms with van der Waals surface area (Å²) in [5.74, 6) is 0.293. The zero-order chi connectivity index (χ0) is 19.6. The van der Waals surface area contributed by atoms with Gasteiger partial charge in [0.05, 0.1) is 12.0 Å². The van der Waals surface area contributed by atoms with Crippen LogP contribution in [0.15, 0.2) is 42.5 Å². The molecule has 27 heavy (non-hydrogen) atoms. The molecule has 5 nitrogen and oxygen atoms in total. The Labute approximate surface area is 160 Å². The molecule has 1 amide bonds. The van der Waals surface area contributed by atoms with Crippen LogP contribution in [-0.4, -0.2) is 30.4 Å². The van der Waals surface area contributed by atoms with Gasteiger partial charge in [0.1, 0.15) is 11.4 Å². The molecule has 2 aromatic rings. The van der Waals surface area contributed by atoms with E-state index in [1.54, 1.807) is 18.2 Å². The number of nitrogens with one attached hydrogen (secondary N) is 1. The summed E-state index contributed by atoms with van der Waals surface area (Å²) in [7, 11) is 0. The zero-order valence-corrected chi connectivity index (χ0v) is 16.3. The Morgan fingerprint density at radius 1 is 1.11 bits per heavy atom. The van der Waals surface area contributed by atoms with E-state index in [0.29, 0.717) is 23.3 Å². The standard InChI is InChI=1S/C22H26N2O3/c1-5-24(6-2)17-10-8-16(9-11-17)23-21(26)15-7-12-20-18(13-15)19(25)14-22(3,4)27-20/h7-13H,5-6,14H2,1-4H3,(H,23,26). The summed E-state index contributed by atoms with van der Waals surface area (Å²) in [5, 5.41) is 2.89. The van der Waals surface area contributed by atoms with Crippen molar-refractivity contribution in [2.45, 2.75) is 39.7 Å². The molecule has 0 saturated carbocycles. The van der Waals surface area contributed by atoms with Crippen LogP contribution >= 0.6 is 0 Å². The molecule has 0 fully saturated rings. The molecule has 1 heterocycles. The van der Waals surface area contributed by atoms with Crippen LogP contribution in [0.5, 0.6) is 5.75 Å². The molecule has 1 N–H and O–H groups in total. The van der Waals surface area contributed by atoms with Gasteiger partial charge in [-0.25, -0.2) is 0 Å². The van der Waals surface area contributed by atoms with Gasteiger partial charge in [0, 0.05) is 30.0 Å². The molecule has 0 unspecified atom stereocenters. The number of carbonyl (C=O) groups excluding carboxylic acids is 2. The molecular formula is C22H26N2O3. The number of benzene rings is 2. The van der Waals surface area contributed by atoms with Gasteiger partial charge in [-0.05, 0) is 70.2 Å². The monoisotopic (exact) mass is 366 g/mol. The average Bonchev–Trinajstić information content (AvgIpc) is 2.63. The van der Waals surface area contributed by atoms with Crippen molar-refractivity contribution in [2.24, 2.45) is 0 Å². The third kappa shape index (κ3) is 4.13. The van der Waals surface area contributed by atoms with Crippen LogP contribution in [0.4, 0.5) is 11.4 Å².